The van der Waals surface area contributed by atoms with Crippen molar-refractivity contribution in [2.24, 2.45) is 0 Å². The fourth-order valence-electron chi connectivity index (χ4n) is 2.47. The summed E-state index contributed by atoms with van der Waals surface area (Å²) in [6.07, 6.45) is 0.845. The molecule has 0 spiro atoms. The first kappa shape index (κ1) is 14.5. The summed E-state index contributed by atoms with van der Waals surface area (Å²) in [5.41, 5.74) is 1.75. The van der Waals surface area contributed by atoms with Gasteiger partial charge in [-0.15, -0.1) is 0 Å². The largest absolute Gasteiger partial charge is 0.391 e. The molecule has 2 N–H and O–H groups in total. The van der Waals surface area contributed by atoms with Crippen LogP contribution in [-0.2, 0) is 16.4 Å². The van der Waals surface area contributed by atoms with E-state index in [0.29, 0.717) is 6.42 Å². The molecule has 21 heavy (non-hydrogen) atoms. The van der Waals surface area contributed by atoms with Crippen molar-refractivity contribution in [2.45, 2.75) is 23.5 Å². The number of aliphatic hydroxyl groups excluding tert-OH is 1. The molecule has 7 heteroatoms. The summed E-state index contributed by atoms with van der Waals surface area (Å²) in [6.45, 7) is 0. The van der Waals surface area contributed by atoms with Gasteiger partial charge in [-0.3, -0.25) is 0 Å². The first-order chi connectivity index (χ1) is 9.97. The van der Waals surface area contributed by atoms with Crippen molar-refractivity contribution in [1.82, 2.24) is 9.71 Å². The van der Waals surface area contributed by atoms with E-state index in [-0.39, 0.29) is 10.0 Å². The van der Waals surface area contributed by atoms with Crippen molar-refractivity contribution in [3.63, 3.8) is 0 Å². The zero-order chi connectivity index (χ0) is 15.0. The van der Waals surface area contributed by atoms with Crippen molar-refractivity contribution in [3.8, 4) is 0 Å². The van der Waals surface area contributed by atoms with Crippen molar-refractivity contribution in [1.29, 1.82) is 0 Å². The number of benzene rings is 1. The van der Waals surface area contributed by atoms with Gasteiger partial charge in [0.25, 0.3) is 0 Å². The Balaban J connectivity index is 1.91. The number of sulfonamides is 1. The molecule has 1 aromatic carbocycles. The highest BCUT2D eigenvalue weighted by molar-refractivity contribution is 7.89. The SMILES string of the molecule is O=S(=O)(NC1c2ccccc2CC1O)c1ccc(Cl)nc1. The number of aromatic nitrogens is 1. The molecule has 1 aromatic heterocycles. The summed E-state index contributed by atoms with van der Waals surface area (Å²) in [5, 5.41) is 10.3. The van der Waals surface area contributed by atoms with E-state index in [9.17, 15) is 13.5 Å². The van der Waals surface area contributed by atoms with Gasteiger partial charge in [0.1, 0.15) is 10.0 Å². The molecule has 1 aliphatic rings. The zero-order valence-corrected chi connectivity index (χ0v) is 12.5. The maximum absolute atomic E-state index is 12.3. The van der Waals surface area contributed by atoms with E-state index < -0.39 is 22.2 Å². The zero-order valence-electron chi connectivity index (χ0n) is 10.9. The smallest absolute Gasteiger partial charge is 0.242 e. The minimum Gasteiger partial charge on any atom is -0.391 e. The van der Waals surface area contributed by atoms with E-state index in [0.717, 1.165) is 11.1 Å². The van der Waals surface area contributed by atoms with Crippen molar-refractivity contribution >= 4 is 21.6 Å². The number of aliphatic hydroxyl groups is 1. The molecule has 0 saturated heterocycles. The Morgan fingerprint density at radius 3 is 2.71 bits per heavy atom. The second-order valence-electron chi connectivity index (χ2n) is 4.89. The molecule has 5 nitrogen and oxygen atoms in total. The minimum atomic E-state index is -3.77. The first-order valence-electron chi connectivity index (χ1n) is 6.37. The Labute approximate surface area is 127 Å². The van der Waals surface area contributed by atoms with Gasteiger partial charge in [0.05, 0.1) is 12.1 Å². The standard InChI is InChI=1S/C14H13ClN2O3S/c15-13-6-5-10(8-16-13)21(19,20)17-14-11-4-2-1-3-9(11)7-12(14)18/h1-6,8,12,14,17-18H,7H2. The number of hydrogen-bond acceptors (Lipinski definition) is 4. The van der Waals surface area contributed by atoms with Gasteiger partial charge in [0.15, 0.2) is 0 Å². The van der Waals surface area contributed by atoms with E-state index >= 15 is 0 Å². The number of rotatable bonds is 3. The lowest BCUT2D eigenvalue weighted by Crippen LogP contribution is -2.33. The molecule has 1 heterocycles. The van der Waals surface area contributed by atoms with Gasteiger partial charge >= 0.3 is 0 Å². The van der Waals surface area contributed by atoms with Gasteiger partial charge in [0.2, 0.25) is 10.0 Å². The van der Waals surface area contributed by atoms with Crippen LogP contribution in [0.15, 0.2) is 47.5 Å². The summed E-state index contributed by atoms with van der Waals surface area (Å²) in [4.78, 5) is 3.78. The van der Waals surface area contributed by atoms with Crippen LogP contribution in [0.3, 0.4) is 0 Å². The van der Waals surface area contributed by atoms with E-state index in [2.05, 4.69) is 9.71 Å². The molecule has 110 valence electrons. The number of fused-ring (bicyclic) bond motifs is 1. The lowest BCUT2D eigenvalue weighted by atomic mass is 10.1. The average Bonchev–Trinajstić information content (AvgIpc) is 2.75. The Hall–Kier alpha value is -1.47. The van der Waals surface area contributed by atoms with Crippen LogP contribution >= 0.6 is 11.6 Å². The molecule has 0 aliphatic heterocycles. The predicted octanol–water partition coefficient (Wildman–Crippen LogP) is 1.67. The number of nitrogens with one attached hydrogen (secondary N) is 1. The molecule has 3 rings (SSSR count). The summed E-state index contributed by atoms with van der Waals surface area (Å²) in [7, 11) is -3.77. The van der Waals surface area contributed by atoms with Crippen LogP contribution in [0.1, 0.15) is 17.2 Å². The van der Waals surface area contributed by atoms with Crippen LogP contribution in [0.25, 0.3) is 0 Å². The van der Waals surface area contributed by atoms with Crippen LogP contribution in [0.5, 0.6) is 0 Å². The molecule has 2 aromatic rings. The monoisotopic (exact) mass is 324 g/mol. The Morgan fingerprint density at radius 1 is 1.24 bits per heavy atom. The van der Waals surface area contributed by atoms with Gasteiger partial charge in [0, 0.05) is 12.6 Å². The maximum atomic E-state index is 12.3. The van der Waals surface area contributed by atoms with Gasteiger partial charge in [-0.05, 0) is 23.3 Å². The molecule has 2 unspecified atom stereocenters. The number of hydrogen-bond donors (Lipinski definition) is 2. The molecular weight excluding hydrogens is 312 g/mol. The molecule has 0 amide bonds. The van der Waals surface area contributed by atoms with Gasteiger partial charge in [-0.25, -0.2) is 18.1 Å². The molecule has 1 aliphatic carbocycles. The van der Waals surface area contributed by atoms with Crippen molar-refractivity contribution in [3.05, 3.63) is 58.9 Å². The second kappa shape index (κ2) is 5.38. The summed E-state index contributed by atoms with van der Waals surface area (Å²) < 4.78 is 27.2. The molecule has 2 atom stereocenters. The van der Waals surface area contributed by atoms with E-state index in [1.54, 1.807) is 0 Å². The van der Waals surface area contributed by atoms with Gasteiger partial charge in [-0.2, -0.15) is 0 Å². The van der Waals surface area contributed by atoms with E-state index in [4.69, 9.17) is 11.6 Å². The van der Waals surface area contributed by atoms with Crippen LogP contribution in [0, 0.1) is 0 Å². The van der Waals surface area contributed by atoms with Crippen molar-refractivity contribution in [2.75, 3.05) is 0 Å². The van der Waals surface area contributed by atoms with Crippen molar-refractivity contribution < 1.29 is 13.5 Å². The normalized spacial score (nSPS) is 21.2. The summed E-state index contributed by atoms with van der Waals surface area (Å²) in [5.74, 6) is 0. The highest BCUT2D eigenvalue weighted by Gasteiger charge is 2.34. The van der Waals surface area contributed by atoms with Crippen LogP contribution < -0.4 is 4.72 Å². The molecular formula is C14H13ClN2O3S. The Morgan fingerprint density at radius 2 is 2.00 bits per heavy atom. The second-order valence-corrected chi connectivity index (χ2v) is 6.99. The Kier molecular flexibility index (Phi) is 3.71. The topological polar surface area (TPSA) is 79.3 Å². The van der Waals surface area contributed by atoms with Crippen LogP contribution in [0.2, 0.25) is 5.15 Å². The van der Waals surface area contributed by atoms with E-state index in [1.165, 1.54) is 18.3 Å². The number of pyridine rings is 1. The number of halogens is 1. The maximum Gasteiger partial charge on any atom is 0.242 e. The average molecular weight is 325 g/mol. The predicted molar refractivity (Wildman–Crippen MR) is 78.5 cm³/mol. The first-order valence-corrected chi connectivity index (χ1v) is 8.23. The van der Waals surface area contributed by atoms with Gasteiger partial charge < -0.3 is 5.11 Å². The van der Waals surface area contributed by atoms with Crippen LogP contribution in [0.4, 0.5) is 0 Å². The third-order valence-corrected chi connectivity index (χ3v) is 5.15. The highest BCUT2D eigenvalue weighted by Crippen LogP contribution is 2.32. The summed E-state index contributed by atoms with van der Waals surface area (Å²) >= 11 is 5.66. The Bertz CT molecular complexity index is 762. The quantitative estimate of drug-likeness (QED) is 0.842. The molecule has 0 bridgehead atoms. The third kappa shape index (κ3) is 2.80. The lowest BCUT2D eigenvalue weighted by molar-refractivity contribution is 0.151. The van der Waals surface area contributed by atoms with Gasteiger partial charge in [-0.1, -0.05) is 35.9 Å². The number of nitrogens with zero attached hydrogens (tertiary/aromatic N) is 1. The van der Waals surface area contributed by atoms with E-state index in [1.807, 2.05) is 24.3 Å². The lowest BCUT2D eigenvalue weighted by Gasteiger charge is -2.17. The summed E-state index contributed by atoms with van der Waals surface area (Å²) in [6, 6.07) is 9.53. The third-order valence-electron chi connectivity index (χ3n) is 3.50. The highest BCUT2D eigenvalue weighted by atomic mass is 35.5. The molecule has 0 fully saturated rings. The molecule has 0 radical (unpaired) electrons. The van der Waals surface area contributed by atoms with Crippen LogP contribution in [-0.4, -0.2) is 24.6 Å². The minimum absolute atomic E-state index is 0.0171. The fraction of sp³-hybridized carbons (Fsp3) is 0.214. The molecule has 0 saturated carbocycles. The fourth-order valence-corrected chi connectivity index (χ4v) is 3.78.